The molecule has 9 nitrogen and oxygen atoms in total. The second-order valence-corrected chi connectivity index (χ2v) is 9.46. The van der Waals surface area contributed by atoms with Crippen molar-refractivity contribution in [2.75, 3.05) is 26.3 Å². The summed E-state index contributed by atoms with van der Waals surface area (Å²) in [6, 6.07) is 6.87. The molecule has 0 radical (unpaired) electrons. The van der Waals surface area contributed by atoms with E-state index < -0.39 is 44.3 Å². The summed E-state index contributed by atoms with van der Waals surface area (Å²) in [7, 11) is -4.24. The molecule has 2 amide bonds. The van der Waals surface area contributed by atoms with Gasteiger partial charge >= 0.3 is 0 Å². The molecule has 0 spiro atoms. The van der Waals surface area contributed by atoms with Crippen molar-refractivity contribution in [3.05, 3.63) is 53.6 Å². The van der Waals surface area contributed by atoms with Gasteiger partial charge in [-0.05, 0) is 49.2 Å². The van der Waals surface area contributed by atoms with Gasteiger partial charge in [-0.25, -0.2) is 17.2 Å². The van der Waals surface area contributed by atoms with E-state index in [4.69, 9.17) is 9.47 Å². The second-order valence-electron chi connectivity index (χ2n) is 7.55. The zero-order valence-electron chi connectivity index (χ0n) is 17.3. The number of benzene rings is 2. The Kier molecular flexibility index (Phi) is 6.47. The quantitative estimate of drug-likeness (QED) is 0.642. The zero-order valence-corrected chi connectivity index (χ0v) is 18.2. The Morgan fingerprint density at radius 1 is 0.939 bits per heavy atom. The Hall–Kier alpha value is -3.25. The fourth-order valence-corrected chi connectivity index (χ4v) is 5.20. The number of hydrazine groups is 1. The molecule has 2 aliphatic heterocycles. The van der Waals surface area contributed by atoms with E-state index in [1.807, 2.05) is 0 Å². The number of nitrogens with zero attached hydrogens (tertiary/aromatic N) is 1. The van der Waals surface area contributed by atoms with Gasteiger partial charge in [-0.2, -0.15) is 4.31 Å². The molecule has 2 N–H and O–H groups in total. The molecule has 1 saturated heterocycles. The highest BCUT2D eigenvalue weighted by Gasteiger charge is 2.34. The molecule has 33 heavy (non-hydrogen) atoms. The van der Waals surface area contributed by atoms with Gasteiger partial charge in [0.2, 0.25) is 15.9 Å². The number of nitrogens with one attached hydrogen (secondary N) is 2. The Balaban J connectivity index is 1.31. The zero-order chi connectivity index (χ0) is 23.6. The molecule has 4 rings (SSSR count). The molecule has 12 heteroatoms. The second kappa shape index (κ2) is 9.32. The summed E-state index contributed by atoms with van der Waals surface area (Å²) in [5.74, 6) is -2.53. The van der Waals surface area contributed by atoms with Crippen LogP contribution in [0.15, 0.2) is 41.3 Å². The molecule has 0 atom stereocenters. The molecule has 1 fully saturated rings. The minimum absolute atomic E-state index is 0.0491. The molecule has 176 valence electrons. The number of hydrogen-bond donors (Lipinski definition) is 2. The molecule has 2 heterocycles. The summed E-state index contributed by atoms with van der Waals surface area (Å²) >= 11 is 0. The van der Waals surface area contributed by atoms with E-state index in [1.165, 1.54) is 12.1 Å². The Bertz CT molecular complexity index is 1180. The number of sulfonamides is 1. The Labute approximate surface area is 188 Å². The summed E-state index contributed by atoms with van der Waals surface area (Å²) in [6.45, 7) is 0.694. The van der Waals surface area contributed by atoms with Gasteiger partial charge in [0.1, 0.15) is 29.7 Å². The molecule has 2 aromatic carbocycles. The minimum atomic E-state index is -4.24. The summed E-state index contributed by atoms with van der Waals surface area (Å²) in [5.41, 5.74) is 4.93. The molecule has 2 aliphatic rings. The van der Waals surface area contributed by atoms with E-state index >= 15 is 0 Å². The van der Waals surface area contributed by atoms with Crippen LogP contribution in [0.2, 0.25) is 0 Å². The van der Waals surface area contributed by atoms with Gasteiger partial charge < -0.3 is 9.47 Å². The maximum absolute atomic E-state index is 13.9. The number of halogens is 2. The standard InChI is InChI=1S/C21H21F2N3O6S/c22-15-2-3-16(23)19(12-15)33(29,30)26-7-5-13(6-8-26)20(27)24-25-21(28)14-1-4-17-18(11-14)32-10-9-31-17/h1-4,11-13H,5-10H2,(H,24,27)(H,25,28). The van der Waals surface area contributed by atoms with Crippen LogP contribution < -0.4 is 20.3 Å². The summed E-state index contributed by atoms with van der Waals surface area (Å²) < 4.78 is 64.5. The predicted octanol–water partition coefficient (Wildman–Crippen LogP) is 1.60. The SMILES string of the molecule is O=C(NNC(=O)C1CCN(S(=O)(=O)c2cc(F)ccc2F)CC1)c1ccc2c(c1)OCCO2. The highest BCUT2D eigenvalue weighted by molar-refractivity contribution is 7.89. The monoisotopic (exact) mass is 481 g/mol. The van der Waals surface area contributed by atoms with Gasteiger partial charge in [0.25, 0.3) is 5.91 Å². The van der Waals surface area contributed by atoms with Crippen LogP contribution in [0.5, 0.6) is 11.5 Å². The van der Waals surface area contributed by atoms with E-state index in [0.29, 0.717) is 30.8 Å². The van der Waals surface area contributed by atoms with Crippen molar-refractivity contribution in [1.29, 1.82) is 0 Å². The van der Waals surface area contributed by atoms with Crippen molar-refractivity contribution in [3.63, 3.8) is 0 Å². The maximum Gasteiger partial charge on any atom is 0.269 e. The molecule has 2 aromatic rings. The number of amides is 2. The largest absolute Gasteiger partial charge is 0.486 e. The molecular formula is C21H21F2N3O6S. The van der Waals surface area contributed by atoms with Crippen LogP contribution in [-0.2, 0) is 14.8 Å². The molecule has 0 aromatic heterocycles. The fourth-order valence-electron chi connectivity index (χ4n) is 3.65. The van der Waals surface area contributed by atoms with Crippen molar-refractivity contribution >= 4 is 21.8 Å². The van der Waals surface area contributed by atoms with E-state index in [-0.39, 0.29) is 31.5 Å². The first-order valence-corrected chi connectivity index (χ1v) is 11.6. The Morgan fingerprint density at radius 3 is 2.36 bits per heavy atom. The first-order valence-electron chi connectivity index (χ1n) is 10.2. The topological polar surface area (TPSA) is 114 Å². The summed E-state index contributed by atoms with van der Waals surface area (Å²) in [5, 5.41) is 0. The number of hydrogen-bond acceptors (Lipinski definition) is 6. The van der Waals surface area contributed by atoms with E-state index in [9.17, 15) is 26.8 Å². The van der Waals surface area contributed by atoms with Crippen LogP contribution in [0.4, 0.5) is 8.78 Å². The van der Waals surface area contributed by atoms with Crippen LogP contribution in [0.1, 0.15) is 23.2 Å². The van der Waals surface area contributed by atoms with E-state index in [2.05, 4.69) is 10.9 Å². The number of carbonyl (C=O) groups excluding carboxylic acids is 2. The Morgan fingerprint density at radius 2 is 1.64 bits per heavy atom. The lowest BCUT2D eigenvalue weighted by Crippen LogP contribution is -2.48. The fraction of sp³-hybridized carbons (Fsp3) is 0.333. The lowest BCUT2D eigenvalue weighted by molar-refractivity contribution is -0.126. The van der Waals surface area contributed by atoms with Crippen LogP contribution in [0.25, 0.3) is 0 Å². The third-order valence-corrected chi connectivity index (χ3v) is 7.35. The molecule has 0 unspecified atom stereocenters. The number of piperidine rings is 1. The van der Waals surface area contributed by atoms with Crippen molar-refractivity contribution in [2.45, 2.75) is 17.7 Å². The molecule has 0 aliphatic carbocycles. The third-order valence-electron chi connectivity index (χ3n) is 5.44. The van der Waals surface area contributed by atoms with Crippen LogP contribution in [-0.4, -0.2) is 50.8 Å². The number of fused-ring (bicyclic) bond motifs is 1. The minimum Gasteiger partial charge on any atom is -0.486 e. The normalized spacial score (nSPS) is 16.8. The van der Waals surface area contributed by atoms with Gasteiger partial charge in [0, 0.05) is 24.6 Å². The highest BCUT2D eigenvalue weighted by atomic mass is 32.2. The summed E-state index contributed by atoms with van der Waals surface area (Å²) in [6.07, 6.45) is 0.309. The van der Waals surface area contributed by atoms with Crippen molar-refractivity contribution < 1.29 is 36.3 Å². The van der Waals surface area contributed by atoms with Crippen LogP contribution in [0.3, 0.4) is 0 Å². The number of rotatable bonds is 4. The lowest BCUT2D eigenvalue weighted by atomic mass is 9.98. The van der Waals surface area contributed by atoms with Gasteiger partial charge in [0.05, 0.1) is 0 Å². The van der Waals surface area contributed by atoms with Gasteiger partial charge in [-0.15, -0.1) is 0 Å². The van der Waals surface area contributed by atoms with Gasteiger partial charge in [-0.1, -0.05) is 0 Å². The highest BCUT2D eigenvalue weighted by Crippen LogP contribution is 2.30. The predicted molar refractivity (Wildman–Crippen MR) is 111 cm³/mol. The first-order chi connectivity index (χ1) is 15.8. The lowest BCUT2D eigenvalue weighted by Gasteiger charge is -2.30. The van der Waals surface area contributed by atoms with E-state index in [0.717, 1.165) is 16.4 Å². The molecular weight excluding hydrogens is 460 g/mol. The molecule has 0 saturated carbocycles. The van der Waals surface area contributed by atoms with Crippen molar-refractivity contribution in [1.82, 2.24) is 15.2 Å². The first kappa shape index (κ1) is 22.9. The molecule has 0 bridgehead atoms. The number of ether oxygens (including phenoxy) is 2. The van der Waals surface area contributed by atoms with Crippen LogP contribution >= 0.6 is 0 Å². The number of carbonyl (C=O) groups is 2. The van der Waals surface area contributed by atoms with Crippen molar-refractivity contribution in [3.8, 4) is 11.5 Å². The smallest absolute Gasteiger partial charge is 0.269 e. The average molecular weight is 481 g/mol. The van der Waals surface area contributed by atoms with E-state index in [1.54, 1.807) is 6.07 Å². The maximum atomic E-state index is 13.9. The summed E-state index contributed by atoms with van der Waals surface area (Å²) in [4.78, 5) is 24.0. The van der Waals surface area contributed by atoms with Crippen LogP contribution in [0, 0.1) is 17.6 Å². The average Bonchev–Trinajstić information content (AvgIpc) is 2.83. The van der Waals surface area contributed by atoms with Crippen molar-refractivity contribution in [2.24, 2.45) is 5.92 Å². The van der Waals surface area contributed by atoms with Gasteiger partial charge in [-0.3, -0.25) is 20.4 Å². The van der Waals surface area contributed by atoms with Gasteiger partial charge in [0.15, 0.2) is 11.5 Å². The third kappa shape index (κ3) is 4.91.